The molecule has 0 aliphatic heterocycles. The van der Waals surface area contributed by atoms with E-state index >= 15 is 0 Å². The summed E-state index contributed by atoms with van der Waals surface area (Å²) in [6, 6.07) is 0.971. The van der Waals surface area contributed by atoms with E-state index in [1.807, 2.05) is 0 Å². The van der Waals surface area contributed by atoms with E-state index < -0.39 is 17.6 Å². The maximum Gasteiger partial charge on any atom is 0.449 e. The molecule has 1 heterocycles. The summed E-state index contributed by atoms with van der Waals surface area (Å²) in [4.78, 5) is 15.6. The van der Waals surface area contributed by atoms with Crippen molar-refractivity contribution >= 4 is 5.82 Å². The second-order valence-electron chi connectivity index (χ2n) is 2.51. The van der Waals surface area contributed by atoms with Crippen LogP contribution in [0.2, 0.25) is 0 Å². The predicted octanol–water partition coefficient (Wildman–Crippen LogP) is 1.22. The van der Waals surface area contributed by atoms with Gasteiger partial charge in [-0.1, -0.05) is 0 Å². The van der Waals surface area contributed by atoms with Crippen molar-refractivity contribution in [2.75, 3.05) is 11.9 Å². The molecule has 0 radical (unpaired) electrons. The van der Waals surface area contributed by atoms with E-state index in [1.165, 1.54) is 0 Å². The van der Waals surface area contributed by atoms with Crippen molar-refractivity contribution in [3.63, 3.8) is 0 Å². The van der Waals surface area contributed by atoms with Gasteiger partial charge in [-0.2, -0.15) is 13.2 Å². The molecule has 14 heavy (non-hydrogen) atoms. The van der Waals surface area contributed by atoms with Crippen molar-refractivity contribution in [3.05, 3.63) is 22.2 Å². The highest BCUT2D eigenvalue weighted by Crippen LogP contribution is 2.25. The van der Waals surface area contributed by atoms with Gasteiger partial charge in [0.25, 0.3) is 5.56 Å². The van der Waals surface area contributed by atoms with E-state index in [4.69, 9.17) is 0 Å². The zero-order valence-electron chi connectivity index (χ0n) is 7.27. The van der Waals surface area contributed by atoms with Crippen molar-refractivity contribution in [1.29, 1.82) is 0 Å². The largest absolute Gasteiger partial charge is 0.449 e. The monoisotopic (exact) mass is 207 g/mol. The molecule has 0 spiro atoms. The zero-order chi connectivity index (χ0) is 10.8. The number of anilines is 1. The van der Waals surface area contributed by atoms with Crippen LogP contribution in [0.25, 0.3) is 0 Å². The summed E-state index contributed by atoms with van der Waals surface area (Å²) in [6.45, 7) is 2.09. The molecule has 1 rings (SSSR count). The fraction of sp³-hybridized carbons (Fsp3) is 0.429. The molecule has 1 aromatic rings. The molecule has 0 bridgehead atoms. The topological polar surface area (TPSA) is 57.8 Å². The molecular weight excluding hydrogens is 199 g/mol. The van der Waals surface area contributed by atoms with Crippen molar-refractivity contribution in [3.8, 4) is 0 Å². The van der Waals surface area contributed by atoms with Crippen LogP contribution in [0.1, 0.15) is 12.7 Å². The number of aromatic nitrogens is 2. The third-order valence-corrected chi connectivity index (χ3v) is 1.37. The van der Waals surface area contributed by atoms with Crippen molar-refractivity contribution < 1.29 is 13.2 Å². The molecule has 0 amide bonds. The number of H-pyrrole nitrogens is 1. The third-order valence-electron chi connectivity index (χ3n) is 1.37. The smallest absolute Gasteiger partial charge is 0.370 e. The van der Waals surface area contributed by atoms with Gasteiger partial charge >= 0.3 is 6.18 Å². The number of aromatic amines is 1. The molecular formula is C7H8F3N3O. The Morgan fingerprint density at radius 1 is 1.57 bits per heavy atom. The summed E-state index contributed by atoms with van der Waals surface area (Å²) < 4.78 is 36.4. The van der Waals surface area contributed by atoms with Crippen LogP contribution in [-0.2, 0) is 6.18 Å². The lowest BCUT2D eigenvalue weighted by Gasteiger charge is -2.07. The Balaban J connectivity index is 3.14. The van der Waals surface area contributed by atoms with Crippen LogP contribution in [0.4, 0.5) is 19.0 Å². The van der Waals surface area contributed by atoms with Crippen LogP contribution in [0, 0.1) is 0 Å². The lowest BCUT2D eigenvalue weighted by Crippen LogP contribution is -2.20. The van der Waals surface area contributed by atoms with Gasteiger partial charge in [0.05, 0.1) is 0 Å². The first-order valence-corrected chi connectivity index (χ1v) is 3.86. The Bertz CT molecular complexity index is 371. The number of halogens is 3. The number of nitrogens with one attached hydrogen (secondary N) is 2. The van der Waals surface area contributed by atoms with Crippen LogP contribution < -0.4 is 10.9 Å². The van der Waals surface area contributed by atoms with E-state index in [1.54, 1.807) is 11.9 Å². The molecule has 1 aromatic heterocycles. The van der Waals surface area contributed by atoms with E-state index in [9.17, 15) is 18.0 Å². The van der Waals surface area contributed by atoms with Crippen molar-refractivity contribution in [2.24, 2.45) is 0 Å². The molecule has 0 saturated carbocycles. The average molecular weight is 207 g/mol. The summed E-state index contributed by atoms with van der Waals surface area (Å²) in [7, 11) is 0. The number of hydrogen-bond donors (Lipinski definition) is 2. The summed E-state index contributed by atoms with van der Waals surface area (Å²) in [6.07, 6.45) is -4.63. The summed E-state index contributed by atoms with van der Waals surface area (Å²) in [5.41, 5.74) is -0.830. The number of rotatable bonds is 2. The maximum absolute atomic E-state index is 12.1. The Labute approximate surface area is 77.2 Å². The highest BCUT2D eigenvalue weighted by molar-refractivity contribution is 5.32. The highest BCUT2D eigenvalue weighted by Gasteiger charge is 2.34. The highest BCUT2D eigenvalue weighted by atomic mass is 19.4. The van der Waals surface area contributed by atoms with Crippen LogP contribution >= 0.6 is 0 Å². The normalized spacial score (nSPS) is 11.4. The van der Waals surface area contributed by atoms with Crippen LogP contribution in [0.3, 0.4) is 0 Å². The molecule has 0 aliphatic carbocycles. The van der Waals surface area contributed by atoms with Gasteiger partial charge in [0, 0.05) is 12.6 Å². The van der Waals surface area contributed by atoms with E-state index in [0.717, 1.165) is 6.07 Å². The van der Waals surface area contributed by atoms with E-state index in [2.05, 4.69) is 10.3 Å². The van der Waals surface area contributed by atoms with Crippen molar-refractivity contribution in [2.45, 2.75) is 13.1 Å². The van der Waals surface area contributed by atoms with Gasteiger partial charge in [0.15, 0.2) is 0 Å². The lowest BCUT2D eigenvalue weighted by molar-refractivity contribution is -0.145. The molecule has 78 valence electrons. The van der Waals surface area contributed by atoms with Gasteiger partial charge in [-0.05, 0) is 6.92 Å². The number of nitrogens with zero attached hydrogens (tertiary/aromatic N) is 1. The minimum Gasteiger partial charge on any atom is -0.370 e. The minimum atomic E-state index is -4.63. The average Bonchev–Trinajstić information content (AvgIpc) is 2.02. The first kappa shape index (κ1) is 10.6. The SMILES string of the molecule is CCNc1cc(=O)[nH]c(C(F)(F)F)n1. The van der Waals surface area contributed by atoms with Gasteiger partial charge in [-0.15, -0.1) is 0 Å². The van der Waals surface area contributed by atoms with Crippen LogP contribution in [-0.4, -0.2) is 16.5 Å². The van der Waals surface area contributed by atoms with Crippen molar-refractivity contribution in [1.82, 2.24) is 9.97 Å². The molecule has 0 atom stereocenters. The zero-order valence-corrected chi connectivity index (χ0v) is 7.27. The standard InChI is InChI=1S/C7H8F3N3O/c1-2-11-4-3-5(14)13-6(12-4)7(8,9)10/h3H,2H2,1H3,(H2,11,12,13,14). The van der Waals surface area contributed by atoms with E-state index in [-0.39, 0.29) is 5.82 Å². The fourth-order valence-electron chi connectivity index (χ4n) is 0.864. The number of hydrogen-bond acceptors (Lipinski definition) is 3. The van der Waals surface area contributed by atoms with E-state index in [0.29, 0.717) is 6.54 Å². The van der Waals surface area contributed by atoms with Gasteiger partial charge in [-0.3, -0.25) is 4.79 Å². The van der Waals surface area contributed by atoms with Crippen LogP contribution in [0.15, 0.2) is 10.9 Å². The first-order valence-electron chi connectivity index (χ1n) is 3.86. The van der Waals surface area contributed by atoms with Gasteiger partial charge < -0.3 is 10.3 Å². The van der Waals surface area contributed by atoms with Gasteiger partial charge in [-0.25, -0.2) is 4.98 Å². The summed E-state index contributed by atoms with van der Waals surface area (Å²) >= 11 is 0. The first-order chi connectivity index (χ1) is 6.43. The minimum absolute atomic E-state index is 0.0800. The molecule has 0 saturated heterocycles. The molecule has 4 nitrogen and oxygen atoms in total. The molecule has 0 aliphatic rings. The Morgan fingerprint density at radius 2 is 2.21 bits per heavy atom. The summed E-state index contributed by atoms with van der Waals surface area (Å²) in [5.74, 6) is -1.37. The summed E-state index contributed by atoms with van der Waals surface area (Å²) in [5, 5.41) is 2.53. The number of alkyl halides is 3. The quantitative estimate of drug-likeness (QED) is 0.766. The van der Waals surface area contributed by atoms with Gasteiger partial charge in [0.2, 0.25) is 5.82 Å². The van der Waals surface area contributed by atoms with Crippen LogP contribution in [0.5, 0.6) is 0 Å². The molecule has 0 fully saturated rings. The molecule has 0 aromatic carbocycles. The molecule has 7 heteroatoms. The second kappa shape index (κ2) is 3.69. The Hall–Kier alpha value is -1.53. The molecule has 2 N–H and O–H groups in total. The Kier molecular flexibility index (Phi) is 2.78. The predicted molar refractivity (Wildman–Crippen MR) is 44.0 cm³/mol. The second-order valence-corrected chi connectivity index (χ2v) is 2.51. The molecule has 0 unspecified atom stereocenters. The van der Waals surface area contributed by atoms with Gasteiger partial charge in [0.1, 0.15) is 5.82 Å². The Morgan fingerprint density at radius 3 is 2.71 bits per heavy atom. The fourth-order valence-corrected chi connectivity index (χ4v) is 0.864. The lowest BCUT2D eigenvalue weighted by atomic mass is 10.5. The maximum atomic E-state index is 12.1. The third kappa shape index (κ3) is 2.48.